The van der Waals surface area contributed by atoms with Gasteiger partial charge in [-0.3, -0.25) is 4.84 Å². The lowest BCUT2D eigenvalue weighted by atomic mass is 10.2. The lowest BCUT2D eigenvalue weighted by molar-refractivity contribution is -0.149. The number of para-hydroxylation sites is 1. The molecule has 0 atom stereocenters. The maximum atomic E-state index is 11.9. The maximum absolute atomic E-state index is 11.9. The summed E-state index contributed by atoms with van der Waals surface area (Å²) in [4.78, 5) is 10.2. The van der Waals surface area contributed by atoms with Crippen molar-refractivity contribution in [3.05, 3.63) is 51.7 Å². The minimum atomic E-state index is 0.171. The molecule has 0 aliphatic carbocycles. The molecular formula is C16H17Cl2N4O2. The Morgan fingerprint density at radius 1 is 1.29 bits per heavy atom. The van der Waals surface area contributed by atoms with Crippen LogP contribution >= 0.6 is 23.2 Å². The third-order valence-electron chi connectivity index (χ3n) is 3.63. The second-order valence-corrected chi connectivity index (χ2v) is 6.33. The zero-order chi connectivity index (χ0) is 17.1. The molecule has 1 radical (unpaired) electrons. The SMILES string of the molecule is CC1=CC=C(CON2CCNC2=Nc2c(Cl)cccc2Cl)N([O])C1. The molecule has 0 amide bonds. The maximum Gasteiger partial charge on any atom is 0.223 e. The summed E-state index contributed by atoms with van der Waals surface area (Å²) in [6.07, 6.45) is 3.70. The van der Waals surface area contributed by atoms with E-state index in [2.05, 4.69) is 10.3 Å². The number of rotatable bonds is 4. The standard InChI is InChI=1S/C16H17Cl2N4O2/c1-11-5-6-12(21(23)9-11)10-24-22-8-7-19-16(22)20-15-13(17)3-2-4-14(15)18/h2-6H,7-10H2,1H3,(H,19,20). The molecule has 0 aromatic heterocycles. The van der Waals surface area contributed by atoms with Gasteiger partial charge in [-0.1, -0.05) is 46.1 Å². The van der Waals surface area contributed by atoms with Crippen LogP contribution in [0.3, 0.4) is 0 Å². The molecule has 1 N–H and O–H groups in total. The van der Waals surface area contributed by atoms with E-state index in [0.29, 0.717) is 47.0 Å². The van der Waals surface area contributed by atoms with E-state index in [1.165, 1.54) is 0 Å². The fourth-order valence-electron chi connectivity index (χ4n) is 2.35. The Bertz CT molecular complexity index is 698. The van der Waals surface area contributed by atoms with Crippen LogP contribution < -0.4 is 5.32 Å². The minimum absolute atomic E-state index is 0.171. The zero-order valence-corrected chi connectivity index (χ0v) is 14.6. The fourth-order valence-corrected chi connectivity index (χ4v) is 2.83. The summed E-state index contributed by atoms with van der Waals surface area (Å²) in [5.74, 6) is 0.519. The number of hydroxylamine groups is 4. The first-order valence-corrected chi connectivity index (χ1v) is 8.28. The van der Waals surface area contributed by atoms with Crippen LogP contribution in [0.25, 0.3) is 0 Å². The molecule has 8 heteroatoms. The Kier molecular flexibility index (Phi) is 5.30. The summed E-state index contributed by atoms with van der Waals surface area (Å²) >= 11 is 12.3. The van der Waals surface area contributed by atoms with Crippen molar-refractivity contribution in [3.63, 3.8) is 0 Å². The smallest absolute Gasteiger partial charge is 0.223 e. The third kappa shape index (κ3) is 3.84. The van der Waals surface area contributed by atoms with Crippen LogP contribution in [0.2, 0.25) is 10.0 Å². The summed E-state index contributed by atoms with van der Waals surface area (Å²) in [5.41, 5.74) is 2.08. The van der Waals surface area contributed by atoms with E-state index in [1.54, 1.807) is 29.3 Å². The highest BCUT2D eigenvalue weighted by Crippen LogP contribution is 2.33. The molecule has 2 aliphatic rings. The van der Waals surface area contributed by atoms with Crippen LogP contribution in [-0.4, -0.2) is 42.3 Å². The van der Waals surface area contributed by atoms with Gasteiger partial charge in [-0.2, -0.15) is 0 Å². The van der Waals surface area contributed by atoms with Crippen LogP contribution in [-0.2, 0) is 10.0 Å². The van der Waals surface area contributed by atoms with Gasteiger partial charge in [-0.15, -0.1) is 0 Å². The number of allylic oxidation sites excluding steroid dienone is 2. The van der Waals surface area contributed by atoms with Crippen LogP contribution in [0.5, 0.6) is 0 Å². The number of nitrogens with zero attached hydrogens (tertiary/aromatic N) is 3. The Hall–Kier alpha value is -1.73. The van der Waals surface area contributed by atoms with Crippen molar-refractivity contribution in [2.75, 3.05) is 26.2 Å². The highest BCUT2D eigenvalue weighted by molar-refractivity contribution is 6.38. The minimum Gasteiger partial charge on any atom is -0.352 e. The van der Waals surface area contributed by atoms with E-state index in [9.17, 15) is 5.21 Å². The van der Waals surface area contributed by atoms with Crippen LogP contribution in [0.15, 0.2) is 46.6 Å². The van der Waals surface area contributed by atoms with Gasteiger partial charge < -0.3 is 5.32 Å². The second kappa shape index (κ2) is 7.44. The Morgan fingerprint density at radius 2 is 2.04 bits per heavy atom. The quantitative estimate of drug-likeness (QED) is 0.886. The number of halogens is 2. The molecule has 0 spiro atoms. The average Bonchev–Trinajstić information content (AvgIpc) is 2.97. The highest BCUT2D eigenvalue weighted by atomic mass is 35.5. The molecule has 127 valence electrons. The summed E-state index contributed by atoms with van der Waals surface area (Å²) in [6, 6.07) is 5.21. The van der Waals surface area contributed by atoms with Crippen molar-refractivity contribution in [2.45, 2.75) is 6.92 Å². The number of aliphatic imine (C=N–C) groups is 1. The number of hydrogen-bond acceptors (Lipinski definition) is 3. The van der Waals surface area contributed by atoms with E-state index in [1.807, 2.05) is 13.0 Å². The van der Waals surface area contributed by atoms with E-state index in [0.717, 1.165) is 10.6 Å². The van der Waals surface area contributed by atoms with Gasteiger partial charge in [-0.25, -0.2) is 15.1 Å². The van der Waals surface area contributed by atoms with Gasteiger partial charge in [0.2, 0.25) is 5.96 Å². The molecule has 3 rings (SSSR count). The van der Waals surface area contributed by atoms with E-state index < -0.39 is 0 Å². The lowest BCUT2D eigenvalue weighted by Gasteiger charge is -2.24. The van der Waals surface area contributed by atoms with Gasteiger partial charge >= 0.3 is 0 Å². The topological polar surface area (TPSA) is 60.0 Å². The molecule has 1 fully saturated rings. The van der Waals surface area contributed by atoms with Gasteiger partial charge in [0, 0.05) is 6.54 Å². The number of hydrogen-bond donors (Lipinski definition) is 1. The predicted octanol–water partition coefficient (Wildman–Crippen LogP) is 3.31. The van der Waals surface area contributed by atoms with Crippen molar-refractivity contribution in [3.8, 4) is 0 Å². The molecule has 2 aliphatic heterocycles. The van der Waals surface area contributed by atoms with E-state index >= 15 is 0 Å². The molecule has 1 aromatic rings. The van der Waals surface area contributed by atoms with Gasteiger partial charge in [0.25, 0.3) is 0 Å². The Balaban J connectivity index is 1.71. The van der Waals surface area contributed by atoms with Crippen molar-refractivity contribution >= 4 is 34.8 Å². The molecule has 0 saturated carbocycles. The van der Waals surface area contributed by atoms with Gasteiger partial charge in [0.15, 0.2) is 0 Å². The Morgan fingerprint density at radius 3 is 2.75 bits per heavy atom. The molecule has 0 unspecified atom stereocenters. The van der Waals surface area contributed by atoms with E-state index in [-0.39, 0.29) is 6.61 Å². The molecular weight excluding hydrogens is 351 g/mol. The molecule has 24 heavy (non-hydrogen) atoms. The average molecular weight is 368 g/mol. The second-order valence-electron chi connectivity index (χ2n) is 5.52. The predicted molar refractivity (Wildman–Crippen MR) is 93.5 cm³/mol. The van der Waals surface area contributed by atoms with Crippen LogP contribution in [0, 0.1) is 0 Å². The monoisotopic (exact) mass is 367 g/mol. The molecule has 1 aromatic carbocycles. The highest BCUT2D eigenvalue weighted by Gasteiger charge is 2.22. The molecule has 6 nitrogen and oxygen atoms in total. The summed E-state index contributed by atoms with van der Waals surface area (Å²) in [5, 5.41) is 18.5. The normalized spacial score (nSPS) is 19.4. The van der Waals surface area contributed by atoms with E-state index in [4.69, 9.17) is 28.0 Å². The molecule has 0 bridgehead atoms. The number of guanidine groups is 1. The first-order chi connectivity index (χ1) is 11.5. The van der Waals surface area contributed by atoms with Crippen molar-refractivity contribution in [1.29, 1.82) is 0 Å². The first kappa shape index (κ1) is 17.1. The summed E-state index contributed by atoms with van der Waals surface area (Å²) < 4.78 is 0. The number of benzene rings is 1. The molecule has 1 saturated heterocycles. The fraction of sp³-hybridized carbons (Fsp3) is 0.312. The van der Waals surface area contributed by atoms with Crippen LogP contribution in [0.1, 0.15) is 6.92 Å². The summed E-state index contributed by atoms with van der Waals surface area (Å²) in [7, 11) is 0. The van der Waals surface area contributed by atoms with Crippen LogP contribution in [0.4, 0.5) is 5.69 Å². The third-order valence-corrected chi connectivity index (χ3v) is 4.24. The molecule has 2 heterocycles. The van der Waals surface area contributed by atoms with Gasteiger partial charge in [-0.05, 0) is 25.1 Å². The zero-order valence-electron chi connectivity index (χ0n) is 13.1. The summed E-state index contributed by atoms with van der Waals surface area (Å²) in [6.45, 7) is 3.75. The number of nitrogens with one attached hydrogen (secondary N) is 1. The first-order valence-electron chi connectivity index (χ1n) is 7.52. The lowest BCUT2D eigenvalue weighted by Crippen LogP contribution is -2.33. The largest absolute Gasteiger partial charge is 0.352 e. The Labute approximate surface area is 150 Å². The van der Waals surface area contributed by atoms with Gasteiger partial charge in [0.1, 0.15) is 12.3 Å². The van der Waals surface area contributed by atoms with Gasteiger partial charge in [0.05, 0.1) is 28.8 Å². The van der Waals surface area contributed by atoms with Crippen molar-refractivity contribution < 1.29 is 10.0 Å². The van der Waals surface area contributed by atoms with Crippen molar-refractivity contribution in [1.82, 2.24) is 15.4 Å². The van der Waals surface area contributed by atoms with Crippen molar-refractivity contribution in [2.24, 2.45) is 4.99 Å².